The van der Waals surface area contributed by atoms with Crippen molar-refractivity contribution in [2.45, 2.75) is 31.7 Å². The van der Waals surface area contributed by atoms with Crippen LogP contribution in [-0.4, -0.2) is 49.1 Å². The number of nitrogens with two attached hydrogens (primary N) is 1. The minimum absolute atomic E-state index is 0.647. The monoisotopic (exact) mass is 273 g/mol. The summed E-state index contributed by atoms with van der Waals surface area (Å²) in [7, 11) is 0. The third kappa shape index (κ3) is 3.05. The molecule has 0 spiro atoms. The third-order valence-corrected chi connectivity index (χ3v) is 4.88. The molecule has 2 aliphatic rings. The van der Waals surface area contributed by atoms with E-state index < -0.39 is 0 Å². The second kappa shape index (κ2) is 6.70. The molecule has 1 aromatic carbocycles. The van der Waals surface area contributed by atoms with E-state index in [9.17, 15) is 0 Å². The third-order valence-electron chi connectivity index (χ3n) is 4.88. The highest BCUT2D eigenvalue weighted by atomic mass is 15.3. The van der Waals surface area contributed by atoms with Crippen LogP contribution in [0.1, 0.15) is 36.4 Å². The van der Waals surface area contributed by atoms with E-state index in [0.717, 1.165) is 13.1 Å². The zero-order valence-electron chi connectivity index (χ0n) is 12.4. The molecule has 3 rings (SSSR count). The summed E-state index contributed by atoms with van der Waals surface area (Å²) in [4.78, 5) is 5.20. The standard InChI is InChI=1S/C17H27N3/c18-9-10-19-11-13-20(14-12-19)17-8-4-2-6-15-5-1-3-7-16(15)17/h1,3,5,7,17H,2,4,6,8-14,18H2/t17-/m0/s1. The minimum Gasteiger partial charge on any atom is -0.329 e. The summed E-state index contributed by atoms with van der Waals surface area (Å²) in [6, 6.07) is 9.74. The Morgan fingerprint density at radius 2 is 1.85 bits per heavy atom. The normalized spacial score (nSPS) is 25.1. The highest BCUT2D eigenvalue weighted by molar-refractivity contribution is 5.31. The minimum atomic E-state index is 0.647. The molecular weight excluding hydrogens is 246 g/mol. The van der Waals surface area contributed by atoms with Crippen molar-refractivity contribution in [1.82, 2.24) is 9.80 Å². The van der Waals surface area contributed by atoms with Gasteiger partial charge in [0.2, 0.25) is 0 Å². The number of benzene rings is 1. The second-order valence-electron chi connectivity index (χ2n) is 6.13. The van der Waals surface area contributed by atoms with Gasteiger partial charge < -0.3 is 5.73 Å². The van der Waals surface area contributed by atoms with Crippen molar-refractivity contribution in [1.29, 1.82) is 0 Å². The first-order valence-corrected chi connectivity index (χ1v) is 8.13. The maximum Gasteiger partial charge on any atom is 0.0351 e. The molecule has 2 N–H and O–H groups in total. The lowest BCUT2D eigenvalue weighted by Gasteiger charge is -2.39. The molecule has 3 nitrogen and oxygen atoms in total. The molecule has 1 aliphatic heterocycles. The van der Waals surface area contributed by atoms with Crippen molar-refractivity contribution in [3.63, 3.8) is 0 Å². The SMILES string of the molecule is NCCN1CCN([C@H]2CCCCc3ccccc32)CC1. The molecule has 1 atom stereocenters. The maximum absolute atomic E-state index is 5.67. The summed E-state index contributed by atoms with van der Waals surface area (Å²) in [6.07, 6.45) is 5.30. The molecular formula is C17H27N3. The Balaban J connectivity index is 1.71. The summed E-state index contributed by atoms with van der Waals surface area (Å²) in [6.45, 7) is 6.57. The molecule has 0 amide bonds. The smallest absolute Gasteiger partial charge is 0.0351 e. The number of rotatable bonds is 3. The van der Waals surface area contributed by atoms with E-state index in [1.807, 2.05) is 0 Å². The molecule has 1 fully saturated rings. The van der Waals surface area contributed by atoms with Crippen LogP contribution in [0.15, 0.2) is 24.3 Å². The van der Waals surface area contributed by atoms with Gasteiger partial charge in [-0.25, -0.2) is 0 Å². The average Bonchev–Trinajstić information content (AvgIpc) is 2.71. The predicted molar refractivity (Wildman–Crippen MR) is 83.8 cm³/mol. The Bertz CT molecular complexity index is 424. The van der Waals surface area contributed by atoms with Gasteiger partial charge in [0.05, 0.1) is 0 Å². The Hall–Kier alpha value is -0.900. The van der Waals surface area contributed by atoms with E-state index >= 15 is 0 Å². The first-order chi connectivity index (χ1) is 9.88. The Morgan fingerprint density at radius 3 is 2.65 bits per heavy atom. The van der Waals surface area contributed by atoms with Crippen molar-refractivity contribution in [2.24, 2.45) is 5.73 Å². The highest BCUT2D eigenvalue weighted by Crippen LogP contribution is 2.33. The Kier molecular flexibility index (Phi) is 4.71. The van der Waals surface area contributed by atoms with Crippen LogP contribution >= 0.6 is 0 Å². The van der Waals surface area contributed by atoms with Gasteiger partial charge in [-0.1, -0.05) is 30.7 Å². The van der Waals surface area contributed by atoms with E-state index in [-0.39, 0.29) is 0 Å². The lowest BCUT2D eigenvalue weighted by atomic mass is 9.97. The quantitative estimate of drug-likeness (QED) is 0.855. The van der Waals surface area contributed by atoms with E-state index in [0.29, 0.717) is 6.04 Å². The molecule has 110 valence electrons. The van der Waals surface area contributed by atoms with Crippen LogP contribution in [0, 0.1) is 0 Å². The van der Waals surface area contributed by atoms with Gasteiger partial charge in [-0.3, -0.25) is 9.80 Å². The van der Waals surface area contributed by atoms with Gasteiger partial charge >= 0.3 is 0 Å². The Morgan fingerprint density at radius 1 is 1.05 bits per heavy atom. The highest BCUT2D eigenvalue weighted by Gasteiger charge is 2.27. The molecule has 0 unspecified atom stereocenters. The number of fused-ring (bicyclic) bond motifs is 1. The van der Waals surface area contributed by atoms with E-state index in [4.69, 9.17) is 5.73 Å². The maximum atomic E-state index is 5.67. The van der Waals surface area contributed by atoms with Gasteiger partial charge in [0.15, 0.2) is 0 Å². The van der Waals surface area contributed by atoms with E-state index in [1.54, 1.807) is 11.1 Å². The number of piperazine rings is 1. The fourth-order valence-electron chi connectivity index (χ4n) is 3.76. The lowest BCUT2D eigenvalue weighted by molar-refractivity contribution is 0.0933. The van der Waals surface area contributed by atoms with Gasteiger partial charge in [0.25, 0.3) is 0 Å². The average molecular weight is 273 g/mol. The van der Waals surface area contributed by atoms with Crippen molar-refractivity contribution in [2.75, 3.05) is 39.3 Å². The van der Waals surface area contributed by atoms with Gasteiger partial charge in [-0.2, -0.15) is 0 Å². The molecule has 0 aromatic heterocycles. The summed E-state index contributed by atoms with van der Waals surface area (Å²) in [5.74, 6) is 0. The van der Waals surface area contributed by atoms with Crippen LogP contribution in [0.25, 0.3) is 0 Å². The molecule has 1 heterocycles. The number of nitrogens with zero attached hydrogens (tertiary/aromatic N) is 2. The molecule has 1 aromatic rings. The zero-order valence-corrected chi connectivity index (χ0v) is 12.4. The van der Waals surface area contributed by atoms with Crippen molar-refractivity contribution in [3.8, 4) is 0 Å². The van der Waals surface area contributed by atoms with E-state index in [2.05, 4.69) is 34.1 Å². The van der Waals surface area contributed by atoms with Crippen molar-refractivity contribution >= 4 is 0 Å². The van der Waals surface area contributed by atoms with Crippen LogP contribution in [0.4, 0.5) is 0 Å². The fraction of sp³-hybridized carbons (Fsp3) is 0.647. The zero-order chi connectivity index (χ0) is 13.8. The molecule has 1 aliphatic carbocycles. The van der Waals surface area contributed by atoms with E-state index in [1.165, 1.54) is 51.9 Å². The van der Waals surface area contributed by atoms with Gasteiger partial charge in [0.1, 0.15) is 0 Å². The number of hydrogen-bond donors (Lipinski definition) is 1. The topological polar surface area (TPSA) is 32.5 Å². The van der Waals surface area contributed by atoms with Gasteiger partial charge in [-0.15, -0.1) is 0 Å². The number of aryl methyl sites for hydroxylation is 1. The lowest BCUT2D eigenvalue weighted by Crippen LogP contribution is -2.48. The first-order valence-electron chi connectivity index (χ1n) is 8.13. The van der Waals surface area contributed by atoms with Crippen LogP contribution in [0.3, 0.4) is 0 Å². The van der Waals surface area contributed by atoms with Crippen LogP contribution in [-0.2, 0) is 6.42 Å². The summed E-state index contributed by atoms with van der Waals surface area (Å²) < 4.78 is 0. The van der Waals surface area contributed by atoms with Crippen molar-refractivity contribution < 1.29 is 0 Å². The first kappa shape index (κ1) is 14.1. The summed E-state index contributed by atoms with van der Waals surface area (Å²) in [5.41, 5.74) is 8.84. The largest absolute Gasteiger partial charge is 0.329 e. The van der Waals surface area contributed by atoms with Crippen LogP contribution < -0.4 is 5.73 Å². The molecule has 0 saturated carbocycles. The molecule has 3 heteroatoms. The molecule has 20 heavy (non-hydrogen) atoms. The summed E-state index contributed by atoms with van der Waals surface area (Å²) >= 11 is 0. The van der Waals surface area contributed by atoms with Gasteiger partial charge in [0, 0.05) is 45.3 Å². The Labute approximate surface area is 122 Å². The molecule has 0 radical (unpaired) electrons. The molecule has 1 saturated heterocycles. The van der Waals surface area contributed by atoms with Crippen molar-refractivity contribution in [3.05, 3.63) is 35.4 Å². The van der Waals surface area contributed by atoms with Crippen LogP contribution in [0.5, 0.6) is 0 Å². The van der Waals surface area contributed by atoms with Gasteiger partial charge in [-0.05, 0) is 30.4 Å². The second-order valence-corrected chi connectivity index (χ2v) is 6.13. The number of hydrogen-bond acceptors (Lipinski definition) is 3. The fourth-order valence-corrected chi connectivity index (χ4v) is 3.76. The van der Waals surface area contributed by atoms with Crippen LogP contribution in [0.2, 0.25) is 0 Å². The molecule has 0 bridgehead atoms. The summed E-state index contributed by atoms with van der Waals surface area (Å²) in [5, 5.41) is 0. The predicted octanol–water partition coefficient (Wildman–Crippen LogP) is 2.03.